The molecular weight excluding hydrogens is 182 g/mol. The molecule has 0 aliphatic rings. The first-order valence-electron chi connectivity index (χ1n) is 5.91. The molecule has 1 atom stereocenters. The van der Waals surface area contributed by atoms with E-state index in [4.69, 9.17) is 0 Å². The van der Waals surface area contributed by atoms with Crippen molar-refractivity contribution in [3.63, 3.8) is 0 Å². The Morgan fingerprint density at radius 1 is 1.27 bits per heavy atom. The smallest absolute Gasteiger partial charge is 0.0208 e. The van der Waals surface area contributed by atoms with E-state index in [0.717, 1.165) is 19.0 Å². The Labute approximate surface area is 93.9 Å². The summed E-state index contributed by atoms with van der Waals surface area (Å²) in [7, 11) is 0. The van der Waals surface area contributed by atoms with E-state index >= 15 is 0 Å². The van der Waals surface area contributed by atoms with E-state index in [1.54, 1.807) is 0 Å². The van der Waals surface area contributed by atoms with Crippen LogP contribution in [0.3, 0.4) is 0 Å². The number of nitrogens with one attached hydrogen (secondary N) is 1. The van der Waals surface area contributed by atoms with Gasteiger partial charge in [0.05, 0.1) is 0 Å². The second-order valence-corrected chi connectivity index (χ2v) is 4.50. The maximum Gasteiger partial charge on any atom is 0.0208 e. The highest BCUT2D eigenvalue weighted by molar-refractivity contribution is 5.32. The zero-order valence-electron chi connectivity index (χ0n) is 10.4. The fraction of sp³-hybridized carbons (Fsp3) is 0.571. The standard InChI is InChI=1S/C14H23N/c1-5-11(2)9-15-10-14-8-6-7-12(3)13(14)4/h6-8,11,15H,5,9-10H2,1-4H3. The Bertz CT molecular complexity index is 304. The molecule has 15 heavy (non-hydrogen) atoms. The van der Waals surface area contributed by atoms with Crippen LogP contribution in [0.1, 0.15) is 37.0 Å². The number of rotatable bonds is 5. The topological polar surface area (TPSA) is 12.0 Å². The Balaban J connectivity index is 2.47. The predicted molar refractivity (Wildman–Crippen MR) is 67.1 cm³/mol. The summed E-state index contributed by atoms with van der Waals surface area (Å²) < 4.78 is 0. The number of benzene rings is 1. The SMILES string of the molecule is CCC(C)CNCc1cccc(C)c1C. The molecule has 0 fully saturated rings. The lowest BCUT2D eigenvalue weighted by atomic mass is 10.0. The normalized spacial score (nSPS) is 12.8. The maximum absolute atomic E-state index is 3.52. The van der Waals surface area contributed by atoms with Crippen LogP contribution in [0.15, 0.2) is 18.2 Å². The van der Waals surface area contributed by atoms with Gasteiger partial charge in [-0.25, -0.2) is 0 Å². The zero-order chi connectivity index (χ0) is 11.3. The van der Waals surface area contributed by atoms with Crippen molar-refractivity contribution >= 4 is 0 Å². The minimum Gasteiger partial charge on any atom is -0.312 e. The van der Waals surface area contributed by atoms with Gasteiger partial charge < -0.3 is 5.32 Å². The number of hydrogen-bond acceptors (Lipinski definition) is 1. The molecular formula is C14H23N. The Morgan fingerprint density at radius 3 is 2.67 bits per heavy atom. The van der Waals surface area contributed by atoms with Crippen molar-refractivity contribution < 1.29 is 0 Å². The van der Waals surface area contributed by atoms with Crippen LogP contribution in [0.5, 0.6) is 0 Å². The molecule has 1 heteroatoms. The Hall–Kier alpha value is -0.820. The molecule has 0 amide bonds. The minimum absolute atomic E-state index is 0.773. The highest BCUT2D eigenvalue weighted by atomic mass is 14.9. The molecule has 1 aromatic rings. The van der Waals surface area contributed by atoms with Crippen LogP contribution in [0.25, 0.3) is 0 Å². The summed E-state index contributed by atoms with van der Waals surface area (Å²) in [4.78, 5) is 0. The van der Waals surface area contributed by atoms with Gasteiger partial charge in [-0.2, -0.15) is 0 Å². The van der Waals surface area contributed by atoms with Crippen LogP contribution in [0, 0.1) is 19.8 Å². The van der Waals surface area contributed by atoms with Gasteiger partial charge in [0.25, 0.3) is 0 Å². The van der Waals surface area contributed by atoms with Crippen molar-refractivity contribution in [3.05, 3.63) is 34.9 Å². The molecule has 1 nitrogen and oxygen atoms in total. The van der Waals surface area contributed by atoms with Gasteiger partial charge in [0.2, 0.25) is 0 Å². The molecule has 84 valence electrons. The largest absolute Gasteiger partial charge is 0.312 e. The van der Waals surface area contributed by atoms with E-state index in [-0.39, 0.29) is 0 Å². The molecule has 0 aliphatic heterocycles. The number of hydrogen-bond donors (Lipinski definition) is 1. The summed E-state index contributed by atoms with van der Waals surface area (Å²) in [5, 5.41) is 3.52. The minimum atomic E-state index is 0.773. The van der Waals surface area contributed by atoms with Crippen LogP contribution < -0.4 is 5.32 Å². The summed E-state index contributed by atoms with van der Waals surface area (Å²) in [5.74, 6) is 0.773. The summed E-state index contributed by atoms with van der Waals surface area (Å²) >= 11 is 0. The van der Waals surface area contributed by atoms with Crippen LogP contribution in [-0.4, -0.2) is 6.54 Å². The van der Waals surface area contributed by atoms with Gasteiger partial charge in [0, 0.05) is 6.54 Å². The van der Waals surface area contributed by atoms with E-state index in [1.807, 2.05) is 0 Å². The van der Waals surface area contributed by atoms with Crippen molar-refractivity contribution in [3.8, 4) is 0 Å². The molecule has 0 saturated heterocycles. The third-order valence-electron chi connectivity index (χ3n) is 3.22. The van der Waals surface area contributed by atoms with Gasteiger partial charge >= 0.3 is 0 Å². The summed E-state index contributed by atoms with van der Waals surface area (Å²) in [5.41, 5.74) is 4.24. The molecule has 1 aromatic carbocycles. The van der Waals surface area contributed by atoms with E-state index < -0.39 is 0 Å². The quantitative estimate of drug-likeness (QED) is 0.776. The fourth-order valence-corrected chi connectivity index (χ4v) is 1.60. The van der Waals surface area contributed by atoms with Crippen molar-refractivity contribution in [2.45, 2.75) is 40.7 Å². The van der Waals surface area contributed by atoms with Gasteiger partial charge in [-0.05, 0) is 43.0 Å². The monoisotopic (exact) mass is 205 g/mol. The molecule has 1 unspecified atom stereocenters. The molecule has 0 radical (unpaired) electrons. The van der Waals surface area contributed by atoms with Crippen LogP contribution in [0.4, 0.5) is 0 Å². The molecule has 0 aromatic heterocycles. The fourth-order valence-electron chi connectivity index (χ4n) is 1.60. The van der Waals surface area contributed by atoms with E-state index in [2.05, 4.69) is 51.2 Å². The maximum atomic E-state index is 3.52. The second-order valence-electron chi connectivity index (χ2n) is 4.50. The Morgan fingerprint density at radius 2 is 2.00 bits per heavy atom. The lowest BCUT2D eigenvalue weighted by Crippen LogP contribution is -2.20. The van der Waals surface area contributed by atoms with E-state index in [9.17, 15) is 0 Å². The molecule has 0 bridgehead atoms. The Kier molecular flexibility index (Phi) is 4.83. The predicted octanol–water partition coefficient (Wildman–Crippen LogP) is 3.44. The first-order valence-corrected chi connectivity index (χ1v) is 5.91. The molecule has 0 aliphatic carbocycles. The zero-order valence-corrected chi connectivity index (χ0v) is 10.4. The molecule has 0 spiro atoms. The average molecular weight is 205 g/mol. The van der Waals surface area contributed by atoms with Crippen molar-refractivity contribution in [2.75, 3.05) is 6.54 Å². The second kappa shape index (κ2) is 5.92. The highest BCUT2D eigenvalue weighted by Gasteiger charge is 2.01. The number of aryl methyl sites for hydroxylation is 1. The lowest BCUT2D eigenvalue weighted by Gasteiger charge is -2.12. The average Bonchev–Trinajstić information content (AvgIpc) is 2.24. The first-order chi connectivity index (χ1) is 7.15. The lowest BCUT2D eigenvalue weighted by molar-refractivity contribution is 0.499. The van der Waals surface area contributed by atoms with Crippen molar-refractivity contribution in [1.82, 2.24) is 5.32 Å². The summed E-state index contributed by atoms with van der Waals surface area (Å²) in [6.07, 6.45) is 1.25. The van der Waals surface area contributed by atoms with Gasteiger partial charge in [-0.3, -0.25) is 0 Å². The molecule has 0 saturated carbocycles. The molecule has 1 N–H and O–H groups in total. The van der Waals surface area contributed by atoms with Gasteiger partial charge in [-0.15, -0.1) is 0 Å². The summed E-state index contributed by atoms with van der Waals surface area (Å²) in [6.45, 7) is 11.0. The van der Waals surface area contributed by atoms with Crippen molar-refractivity contribution in [2.24, 2.45) is 5.92 Å². The highest BCUT2D eigenvalue weighted by Crippen LogP contribution is 2.12. The van der Waals surface area contributed by atoms with Gasteiger partial charge in [0.15, 0.2) is 0 Å². The third-order valence-corrected chi connectivity index (χ3v) is 3.22. The van der Waals surface area contributed by atoms with Crippen LogP contribution >= 0.6 is 0 Å². The van der Waals surface area contributed by atoms with E-state index in [0.29, 0.717) is 0 Å². The third kappa shape index (κ3) is 3.67. The van der Waals surface area contributed by atoms with Gasteiger partial charge in [-0.1, -0.05) is 38.5 Å². The van der Waals surface area contributed by atoms with Gasteiger partial charge in [0.1, 0.15) is 0 Å². The van der Waals surface area contributed by atoms with Crippen LogP contribution in [0.2, 0.25) is 0 Å². The van der Waals surface area contributed by atoms with Crippen LogP contribution in [-0.2, 0) is 6.54 Å². The van der Waals surface area contributed by atoms with Crippen molar-refractivity contribution in [1.29, 1.82) is 0 Å². The first kappa shape index (κ1) is 12.3. The molecule has 0 heterocycles. The summed E-state index contributed by atoms with van der Waals surface area (Å²) in [6, 6.07) is 6.53. The van der Waals surface area contributed by atoms with E-state index in [1.165, 1.54) is 23.1 Å². The molecule has 1 rings (SSSR count).